The molecule has 0 bridgehead atoms. The number of rotatable bonds is 5. The third-order valence-electron chi connectivity index (χ3n) is 2.84. The second-order valence-corrected chi connectivity index (χ2v) is 4.61. The third-order valence-corrected chi connectivity index (χ3v) is 2.84. The lowest BCUT2D eigenvalue weighted by Gasteiger charge is -2.11. The number of benzene rings is 1. The Kier molecular flexibility index (Phi) is 4.55. The highest BCUT2D eigenvalue weighted by atomic mass is 16.1. The maximum Gasteiger partial charge on any atom is 0.244 e. The molecule has 5 heteroatoms. The summed E-state index contributed by atoms with van der Waals surface area (Å²) in [5.74, 6) is -0.128. The van der Waals surface area contributed by atoms with Crippen LogP contribution in [0.1, 0.15) is 11.3 Å². The van der Waals surface area contributed by atoms with Crippen LogP contribution >= 0.6 is 0 Å². The summed E-state index contributed by atoms with van der Waals surface area (Å²) in [6.45, 7) is 0.447. The minimum Gasteiger partial charge on any atom is -0.378 e. The fourth-order valence-electron chi connectivity index (χ4n) is 1.68. The molecule has 1 aromatic heterocycles. The van der Waals surface area contributed by atoms with Crippen molar-refractivity contribution in [1.82, 2.24) is 15.3 Å². The molecule has 2 N–H and O–H groups in total. The molecule has 1 aromatic carbocycles. The van der Waals surface area contributed by atoms with Crippen LogP contribution in [0, 0.1) is 0 Å². The zero-order chi connectivity index (χ0) is 14.4. The first kappa shape index (κ1) is 13.9. The number of H-pyrrole nitrogens is 1. The van der Waals surface area contributed by atoms with Crippen LogP contribution in [0.5, 0.6) is 0 Å². The van der Waals surface area contributed by atoms with Crippen LogP contribution < -0.4 is 10.2 Å². The van der Waals surface area contributed by atoms with Crippen LogP contribution in [-0.4, -0.2) is 30.0 Å². The van der Waals surface area contributed by atoms with Crippen LogP contribution in [-0.2, 0) is 11.3 Å². The van der Waals surface area contributed by atoms with Gasteiger partial charge in [0.25, 0.3) is 0 Å². The highest BCUT2D eigenvalue weighted by Crippen LogP contribution is 2.12. The lowest BCUT2D eigenvalue weighted by Crippen LogP contribution is -2.20. The van der Waals surface area contributed by atoms with Gasteiger partial charge in [-0.1, -0.05) is 12.1 Å². The highest BCUT2D eigenvalue weighted by molar-refractivity contribution is 5.91. The monoisotopic (exact) mass is 270 g/mol. The number of carbonyl (C=O) groups is 1. The van der Waals surface area contributed by atoms with Gasteiger partial charge in [0.2, 0.25) is 5.91 Å². The topological polar surface area (TPSA) is 61.0 Å². The van der Waals surface area contributed by atoms with Crippen molar-refractivity contribution in [1.29, 1.82) is 0 Å². The normalized spacial score (nSPS) is 10.7. The van der Waals surface area contributed by atoms with Crippen LogP contribution in [0.3, 0.4) is 0 Å². The Morgan fingerprint density at radius 2 is 2.10 bits per heavy atom. The van der Waals surface area contributed by atoms with E-state index in [0.29, 0.717) is 6.54 Å². The van der Waals surface area contributed by atoms with E-state index in [9.17, 15) is 4.79 Å². The Labute approximate surface area is 118 Å². The molecule has 0 saturated carbocycles. The highest BCUT2D eigenvalue weighted by Gasteiger charge is 1.98. The maximum atomic E-state index is 11.6. The van der Waals surface area contributed by atoms with Gasteiger partial charge in [-0.2, -0.15) is 0 Å². The van der Waals surface area contributed by atoms with Crippen LogP contribution in [0.2, 0.25) is 0 Å². The summed E-state index contributed by atoms with van der Waals surface area (Å²) in [6.07, 6.45) is 6.59. The van der Waals surface area contributed by atoms with Crippen LogP contribution in [0.15, 0.2) is 42.9 Å². The first-order chi connectivity index (χ1) is 9.65. The molecule has 0 radical (unpaired) electrons. The van der Waals surface area contributed by atoms with E-state index in [1.807, 2.05) is 43.3 Å². The second kappa shape index (κ2) is 6.56. The summed E-state index contributed by atoms with van der Waals surface area (Å²) in [6, 6.07) is 7.99. The molecule has 2 aromatic rings. The van der Waals surface area contributed by atoms with Gasteiger partial charge >= 0.3 is 0 Å². The standard InChI is InChI=1S/C15H18N4O/c1-19(2)14-6-3-12(4-7-14)5-8-15(20)17-10-13-9-16-11-18-13/h3-9,11H,10H2,1-2H3,(H,16,18)(H,17,20). The predicted octanol–water partition coefficient (Wildman–Crippen LogP) is 1.81. The fraction of sp³-hybridized carbons (Fsp3) is 0.200. The number of nitrogens with zero attached hydrogens (tertiary/aromatic N) is 2. The summed E-state index contributed by atoms with van der Waals surface area (Å²) in [4.78, 5) is 20.5. The van der Waals surface area contributed by atoms with E-state index in [-0.39, 0.29) is 5.91 Å². The van der Waals surface area contributed by atoms with E-state index in [2.05, 4.69) is 15.3 Å². The number of hydrogen-bond acceptors (Lipinski definition) is 3. The molecule has 0 aliphatic rings. The van der Waals surface area contributed by atoms with Gasteiger partial charge in [-0.25, -0.2) is 4.98 Å². The van der Waals surface area contributed by atoms with E-state index in [4.69, 9.17) is 0 Å². The van der Waals surface area contributed by atoms with Gasteiger partial charge in [-0.15, -0.1) is 0 Å². The van der Waals surface area contributed by atoms with Gasteiger partial charge in [-0.05, 0) is 23.8 Å². The molecule has 1 amide bonds. The molecule has 0 saturated heterocycles. The molecular formula is C15H18N4O. The lowest BCUT2D eigenvalue weighted by atomic mass is 10.2. The molecule has 20 heavy (non-hydrogen) atoms. The summed E-state index contributed by atoms with van der Waals surface area (Å²) in [7, 11) is 3.99. The number of imidazole rings is 1. The maximum absolute atomic E-state index is 11.6. The Balaban J connectivity index is 1.86. The molecule has 5 nitrogen and oxygen atoms in total. The number of aromatic nitrogens is 2. The van der Waals surface area contributed by atoms with E-state index < -0.39 is 0 Å². The molecule has 0 fully saturated rings. The van der Waals surface area contributed by atoms with Crippen molar-refractivity contribution in [2.75, 3.05) is 19.0 Å². The first-order valence-electron chi connectivity index (χ1n) is 6.36. The van der Waals surface area contributed by atoms with Crippen molar-refractivity contribution in [3.8, 4) is 0 Å². The smallest absolute Gasteiger partial charge is 0.244 e. The van der Waals surface area contributed by atoms with E-state index in [1.165, 1.54) is 6.08 Å². The average molecular weight is 270 g/mol. The van der Waals surface area contributed by atoms with Crippen LogP contribution in [0.25, 0.3) is 6.08 Å². The molecule has 104 valence electrons. The van der Waals surface area contributed by atoms with Crippen molar-refractivity contribution in [3.63, 3.8) is 0 Å². The van der Waals surface area contributed by atoms with Gasteiger partial charge in [0.05, 0.1) is 18.6 Å². The summed E-state index contributed by atoms with van der Waals surface area (Å²) >= 11 is 0. The number of anilines is 1. The molecular weight excluding hydrogens is 252 g/mol. The van der Waals surface area contributed by atoms with Crippen molar-refractivity contribution in [2.45, 2.75) is 6.54 Å². The molecule has 0 aliphatic carbocycles. The van der Waals surface area contributed by atoms with Gasteiger partial charge in [0.1, 0.15) is 0 Å². The third kappa shape index (κ3) is 3.98. The largest absolute Gasteiger partial charge is 0.378 e. The van der Waals surface area contributed by atoms with Crippen molar-refractivity contribution in [3.05, 3.63) is 54.1 Å². The number of aromatic amines is 1. The minimum absolute atomic E-state index is 0.128. The average Bonchev–Trinajstić information content (AvgIpc) is 2.96. The Morgan fingerprint density at radius 3 is 2.70 bits per heavy atom. The zero-order valence-corrected chi connectivity index (χ0v) is 11.6. The molecule has 0 spiro atoms. The minimum atomic E-state index is -0.128. The van der Waals surface area contributed by atoms with E-state index in [0.717, 1.165) is 16.9 Å². The summed E-state index contributed by atoms with van der Waals surface area (Å²) < 4.78 is 0. The molecule has 0 aliphatic heterocycles. The van der Waals surface area contributed by atoms with Gasteiger partial charge in [0.15, 0.2) is 0 Å². The Bertz CT molecular complexity index is 570. The molecule has 0 unspecified atom stereocenters. The number of nitrogens with one attached hydrogen (secondary N) is 2. The SMILES string of the molecule is CN(C)c1ccc(C=CC(=O)NCc2cnc[nH]2)cc1. The first-order valence-corrected chi connectivity index (χ1v) is 6.36. The number of amides is 1. The molecule has 1 heterocycles. The summed E-state index contributed by atoms with van der Waals surface area (Å²) in [5.41, 5.74) is 3.00. The van der Waals surface area contributed by atoms with Gasteiger partial charge < -0.3 is 15.2 Å². The number of hydrogen-bond donors (Lipinski definition) is 2. The molecule has 0 atom stereocenters. The van der Waals surface area contributed by atoms with Crippen molar-refractivity contribution in [2.24, 2.45) is 0 Å². The Hall–Kier alpha value is -2.56. The van der Waals surface area contributed by atoms with Gasteiger partial charge in [0, 0.05) is 32.1 Å². The Morgan fingerprint density at radius 1 is 1.35 bits per heavy atom. The summed E-state index contributed by atoms with van der Waals surface area (Å²) in [5, 5.41) is 2.78. The van der Waals surface area contributed by atoms with Crippen molar-refractivity contribution >= 4 is 17.7 Å². The van der Waals surface area contributed by atoms with Gasteiger partial charge in [-0.3, -0.25) is 4.79 Å². The molecule has 2 rings (SSSR count). The van der Waals surface area contributed by atoms with Crippen LogP contribution in [0.4, 0.5) is 5.69 Å². The predicted molar refractivity (Wildman–Crippen MR) is 80.2 cm³/mol. The second-order valence-electron chi connectivity index (χ2n) is 4.61. The number of carbonyl (C=O) groups excluding carboxylic acids is 1. The lowest BCUT2D eigenvalue weighted by molar-refractivity contribution is -0.116. The van der Waals surface area contributed by atoms with Crippen molar-refractivity contribution < 1.29 is 4.79 Å². The fourth-order valence-corrected chi connectivity index (χ4v) is 1.68. The zero-order valence-electron chi connectivity index (χ0n) is 11.6. The van der Waals surface area contributed by atoms with E-state index >= 15 is 0 Å². The van der Waals surface area contributed by atoms with E-state index in [1.54, 1.807) is 18.6 Å². The quantitative estimate of drug-likeness (QED) is 0.815.